The predicted octanol–water partition coefficient (Wildman–Crippen LogP) is 1.25. The van der Waals surface area contributed by atoms with E-state index in [-0.39, 0.29) is 0 Å². The average molecular weight is 215 g/mol. The molecule has 1 aromatic carbocycles. The molecule has 0 aliphatic rings. The molecule has 0 radical (unpaired) electrons. The normalized spacial score (nSPS) is 9.88. The number of nitrogens with zero attached hydrogens (tertiary/aromatic N) is 5. The Morgan fingerprint density at radius 3 is 2.81 bits per heavy atom. The van der Waals surface area contributed by atoms with E-state index < -0.39 is 0 Å². The number of carbonyl (C=O) groups excluding carboxylic acids is 1. The number of hydrogen-bond donors (Lipinski definition) is 0. The van der Waals surface area contributed by atoms with Crippen molar-refractivity contribution in [2.24, 2.45) is 4.99 Å². The molecule has 1 heterocycles. The molecule has 0 fully saturated rings. The van der Waals surface area contributed by atoms with Gasteiger partial charge in [-0.25, -0.2) is 9.48 Å². The Morgan fingerprint density at radius 2 is 2.19 bits per heavy atom. The van der Waals surface area contributed by atoms with Crippen LogP contribution >= 0.6 is 0 Å². The molecule has 0 aliphatic heterocycles. The molecular formula is C10H9N5O. The number of rotatable bonds is 2. The summed E-state index contributed by atoms with van der Waals surface area (Å²) >= 11 is 0. The summed E-state index contributed by atoms with van der Waals surface area (Å²) < 4.78 is 1.51. The first-order valence-corrected chi connectivity index (χ1v) is 4.65. The summed E-state index contributed by atoms with van der Waals surface area (Å²) in [6.45, 7) is 3.84. The van der Waals surface area contributed by atoms with Crippen LogP contribution in [0.4, 0.5) is 5.69 Å². The molecule has 2 rings (SSSR count). The third kappa shape index (κ3) is 1.74. The molecule has 0 unspecified atom stereocenters. The van der Waals surface area contributed by atoms with Crippen molar-refractivity contribution in [3.63, 3.8) is 0 Å². The lowest BCUT2D eigenvalue weighted by molar-refractivity contribution is 0.565. The van der Waals surface area contributed by atoms with Gasteiger partial charge in [0.25, 0.3) is 0 Å². The highest BCUT2D eigenvalue weighted by atomic mass is 16.1. The van der Waals surface area contributed by atoms with Crippen LogP contribution in [0.25, 0.3) is 5.69 Å². The largest absolute Gasteiger partial charge is 0.240 e. The quantitative estimate of drug-likeness (QED) is 0.558. The first-order chi connectivity index (χ1) is 7.72. The number of aryl methyl sites for hydroxylation is 1. The lowest BCUT2D eigenvalue weighted by Crippen LogP contribution is -1.96. The van der Waals surface area contributed by atoms with Gasteiger partial charge in [0.1, 0.15) is 6.33 Å². The highest BCUT2D eigenvalue weighted by Gasteiger charge is 2.06. The van der Waals surface area contributed by atoms with Crippen LogP contribution in [0.3, 0.4) is 0 Å². The van der Waals surface area contributed by atoms with Crippen LogP contribution in [0.1, 0.15) is 11.1 Å². The van der Waals surface area contributed by atoms with E-state index in [0.717, 1.165) is 16.8 Å². The van der Waals surface area contributed by atoms with Crippen LogP contribution in [-0.4, -0.2) is 26.3 Å². The number of aromatic nitrogens is 4. The molecule has 6 nitrogen and oxygen atoms in total. The van der Waals surface area contributed by atoms with E-state index in [0.29, 0.717) is 5.69 Å². The van der Waals surface area contributed by atoms with E-state index in [4.69, 9.17) is 0 Å². The number of benzene rings is 1. The molecule has 6 heteroatoms. The fourth-order valence-electron chi connectivity index (χ4n) is 1.40. The van der Waals surface area contributed by atoms with Gasteiger partial charge >= 0.3 is 0 Å². The maximum Gasteiger partial charge on any atom is 0.240 e. The van der Waals surface area contributed by atoms with Gasteiger partial charge in [0.2, 0.25) is 6.08 Å². The van der Waals surface area contributed by atoms with Crippen LogP contribution in [0.15, 0.2) is 23.5 Å². The van der Waals surface area contributed by atoms with E-state index in [1.54, 1.807) is 6.07 Å². The Kier molecular flexibility index (Phi) is 2.57. The summed E-state index contributed by atoms with van der Waals surface area (Å²) in [5.74, 6) is 0. The van der Waals surface area contributed by atoms with Crippen molar-refractivity contribution < 1.29 is 4.79 Å². The minimum atomic E-state index is 0.584. The van der Waals surface area contributed by atoms with Crippen LogP contribution in [-0.2, 0) is 4.79 Å². The van der Waals surface area contributed by atoms with E-state index in [1.807, 2.05) is 19.9 Å². The first kappa shape index (κ1) is 10.2. The number of hydrogen-bond acceptors (Lipinski definition) is 5. The third-order valence-electron chi connectivity index (χ3n) is 2.40. The van der Waals surface area contributed by atoms with E-state index in [1.165, 1.54) is 17.1 Å². The van der Waals surface area contributed by atoms with Crippen LogP contribution < -0.4 is 0 Å². The molecule has 0 saturated carbocycles. The third-order valence-corrected chi connectivity index (χ3v) is 2.40. The molecule has 0 bridgehead atoms. The average Bonchev–Trinajstić information content (AvgIpc) is 2.78. The molecule has 0 atom stereocenters. The number of isocyanates is 1. The van der Waals surface area contributed by atoms with Gasteiger partial charge in [-0.2, -0.15) is 4.99 Å². The minimum Gasteiger partial charge on any atom is -0.211 e. The van der Waals surface area contributed by atoms with Gasteiger partial charge in [-0.1, -0.05) is 0 Å². The summed E-state index contributed by atoms with van der Waals surface area (Å²) in [5, 5.41) is 10.9. The van der Waals surface area contributed by atoms with Crippen LogP contribution in [0.5, 0.6) is 0 Å². The molecule has 0 N–H and O–H groups in total. The zero-order chi connectivity index (χ0) is 11.5. The summed E-state index contributed by atoms with van der Waals surface area (Å²) in [6.07, 6.45) is 3.02. The summed E-state index contributed by atoms with van der Waals surface area (Å²) in [5.41, 5.74) is 3.31. The summed E-state index contributed by atoms with van der Waals surface area (Å²) in [6, 6.07) is 3.67. The second kappa shape index (κ2) is 4.04. The van der Waals surface area contributed by atoms with Gasteiger partial charge in [-0.15, -0.1) is 5.10 Å². The topological polar surface area (TPSA) is 73.0 Å². The maximum atomic E-state index is 10.3. The van der Waals surface area contributed by atoms with Crippen molar-refractivity contribution >= 4 is 11.8 Å². The van der Waals surface area contributed by atoms with Gasteiger partial charge in [0, 0.05) is 0 Å². The van der Waals surface area contributed by atoms with Gasteiger partial charge in [-0.05, 0) is 47.5 Å². The molecule has 0 saturated heterocycles. The maximum absolute atomic E-state index is 10.3. The van der Waals surface area contributed by atoms with Crippen molar-refractivity contribution in [2.75, 3.05) is 0 Å². The lowest BCUT2D eigenvalue weighted by Gasteiger charge is -2.06. The zero-order valence-electron chi connectivity index (χ0n) is 8.88. The highest BCUT2D eigenvalue weighted by molar-refractivity contribution is 5.60. The molecule has 0 amide bonds. The first-order valence-electron chi connectivity index (χ1n) is 4.65. The Bertz CT molecular complexity index is 555. The van der Waals surface area contributed by atoms with Crippen molar-refractivity contribution in [1.82, 2.24) is 20.2 Å². The molecular weight excluding hydrogens is 206 g/mol. The van der Waals surface area contributed by atoms with Crippen LogP contribution in [0, 0.1) is 13.8 Å². The van der Waals surface area contributed by atoms with Gasteiger partial charge < -0.3 is 0 Å². The fraction of sp³-hybridized carbons (Fsp3) is 0.200. The minimum absolute atomic E-state index is 0.584. The molecule has 16 heavy (non-hydrogen) atoms. The SMILES string of the molecule is Cc1cc(-n2cnnn2)cc(N=C=O)c1C. The van der Waals surface area contributed by atoms with Gasteiger partial charge in [0.15, 0.2) is 0 Å². The highest BCUT2D eigenvalue weighted by Crippen LogP contribution is 2.24. The Labute approximate surface area is 91.6 Å². The molecule has 1 aromatic heterocycles. The van der Waals surface area contributed by atoms with Crippen molar-refractivity contribution in [2.45, 2.75) is 13.8 Å². The smallest absolute Gasteiger partial charge is 0.211 e. The van der Waals surface area contributed by atoms with Crippen LogP contribution in [0.2, 0.25) is 0 Å². The second-order valence-electron chi connectivity index (χ2n) is 3.36. The predicted molar refractivity (Wildman–Crippen MR) is 56.4 cm³/mol. The van der Waals surface area contributed by atoms with Gasteiger partial charge in [-0.3, -0.25) is 0 Å². The Morgan fingerprint density at radius 1 is 1.38 bits per heavy atom. The fourth-order valence-corrected chi connectivity index (χ4v) is 1.40. The molecule has 80 valence electrons. The summed E-state index contributed by atoms with van der Waals surface area (Å²) in [7, 11) is 0. The second-order valence-corrected chi connectivity index (χ2v) is 3.36. The number of tetrazole rings is 1. The molecule has 0 aliphatic carbocycles. The van der Waals surface area contributed by atoms with E-state index in [9.17, 15) is 4.79 Å². The van der Waals surface area contributed by atoms with Gasteiger partial charge in [0.05, 0.1) is 11.4 Å². The van der Waals surface area contributed by atoms with Crippen molar-refractivity contribution in [3.8, 4) is 5.69 Å². The monoisotopic (exact) mass is 215 g/mol. The van der Waals surface area contributed by atoms with Crippen molar-refractivity contribution in [3.05, 3.63) is 29.6 Å². The summed E-state index contributed by atoms with van der Waals surface area (Å²) in [4.78, 5) is 13.9. The lowest BCUT2D eigenvalue weighted by atomic mass is 10.1. The number of aliphatic imine (C=N–C) groups is 1. The molecule has 2 aromatic rings. The Balaban J connectivity index is 2.61. The van der Waals surface area contributed by atoms with Crippen molar-refractivity contribution in [1.29, 1.82) is 0 Å². The Hall–Kier alpha value is -2.33. The molecule has 0 spiro atoms. The standard InChI is InChI=1S/C10H9N5O/c1-7-3-9(15-5-12-13-14-15)4-10(8(7)2)11-6-16/h3-5H,1-2H3. The zero-order valence-corrected chi connectivity index (χ0v) is 8.88. The van der Waals surface area contributed by atoms with E-state index >= 15 is 0 Å². The van der Waals surface area contributed by atoms with E-state index in [2.05, 4.69) is 20.5 Å².